The molecule has 1 atom stereocenters. The van der Waals surface area contributed by atoms with Crippen LogP contribution < -0.4 is 10.6 Å². The van der Waals surface area contributed by atoms with Gasteiger partial charge in [0.25, 0.3) is 0 Å². The van der Waals surface area contributed by atoms with Gasteiger partial charge in [-0.1, -0.05) is 12.1 Å². The van der Waals surface area contributed by atoms with Gasteiger partial charge in [0.05, 0.1) is 11.6 Å². The van der Waals surface area contributed by atoms with Gasteiger partial charge in [-0.3, -0.25) is 14.6 Å². The molecule has 2 amide bonds. The minimum Gasteiger partial charge on any atom is -0.355 e. The minimum absolute atomic E-state index is 0.0170. The highest BCUT2D eigenvalue weighted by Crippen LogP contribution is 2.23. The van der Waals surface area contributed by atoms with Crippen molar-refractivity contribution in [1.29, 1.82) is 0 Å². The Labute approximate surface area is 116 Å². The maximum atomic E-state index is 12.2. The first kappa shape index (κ1) is 12.6. The molecule has 1 aromatic heterocycles. The maximum Gasteiger partial charge on any atom is 0.229 e. The molecule has 1 saturated heterocycles. The van der Waals surface area contributed by atoms with E-state index >= 15 is 0 Å². The number of nitrogens with zero attached hydrogens (tertiary/aromatic N) is 1. The fourth-order valence-electron chi connectivity index (χ4n) is 2.41. The molecule has 2 heterocycles. The summed E-state index contributed by atoms with van der Waals surface area (Å²) >= 11 is 0. The normalized spacial score (nSPS) is 18.6. The summed E-state index contributed by atoms with van der Waals surface area (Å²) in [7, 11) is 0. The SMILES string of the molecule is O=C1CCC(C(=O)Nc2cccc3ccncc23)CN1. The zero-order valence-corrected chi connectivity index (χ0v) is 10.9. The number of aromatic nitrogens is 1. The van der Waals surface area contributed by atoms with Crippen LogP contribution in [0.5, 0.6) is 0 Å². The van der Waals surface area contributed by atoms with Crippen LogP contribution in [0.4, 0.5) is 5.69 Å². The fourth-order valence-corrected chi connectivity index (χ4v) is 2.41. The van der Waals surface area contributed by atoms with E-state index in [1.165, 1.54) is 0 Å². The summed E-state index contributed by atoms with van der Waals surface area (Å²) in [6.45, 7) is 0.410. The third-order valence-corrected chi connectivity index (χ3v) is 3.58. The quantitative estimate of drug-likeness (QED) is 0.871. The Morgan fingerprint density at radius 2 is 2.25 bits per heavy atom. The van der Waals surface area contributed by atoms with Crippen molar-refractivity contribution in [2.24, 2.45) is 5.92 Å². The van der Waals surface area contributed by atoms with E-state index in [0.717, 1.165) is 16.5 Å². The summed E-state index contributed by atoms with van der Waals surface area (Å²) in [6.07, 6.45) is 4.48. The largest absolute Gasteiger partial charge is 0.355 e. The van der Waals surface area contributed by atoms with Gasteiger partial charge in [0.2, 0.25) is 11.8 Å². The fraction of sp³-hybridized carbons (Fsp3) is 0.267. The van der Waals surface area contributed by atoms with Gasteiger partial charge in [-0.25, -0.2) is 0 Å². The maximum absolute atomic E-state index is 12.2. The first-order chi connectivity index (χ1) is 9.74. The summed E-state index contributed by atoms with van der Waals surface area (Å²) in [5.41, 5.74) is 0.762. The van der Waals surface area contributed by atoms with Crippen molar-refractivity contribution in [2.75, 3.05) is 11.9 Å². The Hall–Kier alpha value is -2.43. The van der Waals surface area contributed by atoms with Gasteiger partial charge < -0.3 is 10.6 Å². The van der Waals surface area contributed by atoms with Crippen molar-refractivity contribution in [3.8, 4) is 0 Å². The first-order valence-corrected chi connectivity index (χ1v) is 6.64. The van der Waals surface area contributed by atoms with Gasteiger partial charge in [0.1, 0.15) is 0 Å². The van der Waals surface area contributed by atoms with Gasteiger partial charge in [-0.05, 0) is 23.9 Å². The summed E-state index contributed by atoms with van der Waals surface area (Å²) < 4.78 is 0. The van der Waals surface area contributed by atoms with Crippen LogP contribution >= 0.6 is 0 Å². The first-order valence-electron chi connectivity index (χ1n) is 6.64. The molecular formula is C15H15N3O2. The Morgan fingerprint density at radius 3 is 3.05 bits per heavy atom. The van der Waals surface area contributed by atoms with Crippen LogP contribution in [0.3, 0.4) is 0 Å². The molecule has 1 fully saturated rings. The highest BCUT2D eigenvalue weighted by Gasteiger charge is 2.24. The Bertz CT molecular complexity index is 654. The molecule has 102 valence electrons. The van der Waals surface area contributed by atoms with Crippen molar-refractivity contribution < 1.29 is 9.59 Å². The molecule has 1 aromatic carbocycles. The molecule has 1 aliphatic rings. The zero-order valence-electron chi connectivity index (χ0n) is 10.9. The van der Waals surface area contributed by atoms with E-state index < -0.39 is 0 Å². The lowest BCUT2D eigenvalue weighted by atomic mass is 9.98. The lowest BCUT2D eigenvalue weighted by molar-refractivity contribution is -0.126. The number of amides is 2. The van der Waals surface area contributed by atoms with Gasteiger partial charge >= 0.3 is 0 Å². The number of piperidine rings is 1. The number of hydrogen-bond donors (Lipinski definition) is 2. The molecule has 0 saturated carbocycles. The van der Waals surface area contributed by atoms with E-state index in [4.69, 9.17) is 0 Å². The summed E-state index contributed by atoms with van der Waals surface area (Å²) in [6, 6.07) is 7.66. The topological polar surface area (TPSA) is 71.1 Å². The van der Waals surface area contributed by atoms with Crippen LogP contribution in [0.25, 0.3) is 10.8 Å². The number of nitrogens with one attached hydrogen (secondary N) is 2. The van der Waals surface area contributed by atoms with Crippen molar-refractivity contribution in [3.05, 3.63) is 36.7 Å². The average Bonchev–Trinajstić information content (AvgIpc) is 2.48. The molecule has 1 unspecified atom stereocenters. The summed E-state index contributed by atoms with van der Waals surface area (Å²) in [5.74, 6) is -0.204. The molecule has 0 aliphatic carbocycles. The standard InChI is InChI=1S/C15H15N3O2/c19-14-5-4-11(8-17-14)15(20)18-13-3-1-2-10-6-7-16-9-12(10)13/h1-3,6-7,9,11H,4-5,8H2,(H,17,19)(H,18,20). The van der Waals surface area contributed by atoms with Crippen molar-refractivity contribution in [2.45, 2.75) is 12.8 Å². The number of carbonyl (C=O) groups excluding carboxylic acids is 2. The summed E-state index contributed by atoms with van der Waals surface area (Å²) in [5, 5.41) is 7.62. The molecular weight excluding hydrogens is 254 g/mol. The average molecular weight is 269 g/mol. The second kappa shape index (κ2) is 5.28. The number of benzene rings is 1. The van der Waals surface area contributed by atoms with E-state index in [0.29, 0.717) is 19.4 Å². The molecule has 5 heteroatoms. The predicted molar refractivity (Wildman–Crippen MR) is 76.1 cm³/mol. The van der Waals surface area contributed by atoms with Crippen LogP contribution in [0.2, 0.25) is 0 Å². The number of carbonyl (C=O) groups is 2. The number of fused-ring (bicyclic) bond motifs is 1. The van der Waals surface area contributed by atoms with E-state index in [1.54, 1.807) is 12.4 Å². The van der Waals surface area contributed by atoms with E-state index in [9.17, 15) is 9.59 Å². The molecule has 1 aliphatic heterocycles. The van der Waals surface area contributed by atoms with Crippen LogP contribution in [0.15, 0.2) is 36.7 Å². The molecule has 2 N–H and O–H groups in total. The Kier molecular flexibility index (Phi) is 3.33. The lowest BCUT2D eigenvalue weighted by Gasteiger charge is -2.21. The van der Waals surface area contributed by atoms with E-state index in [2.05, 4.69) is 15.6 Å². The minimum atomic E-state index is -0.167. The van der Waals surface area contributed by atoms with Gasteiger partial charge in [-0.2, -0.15) is 0 Å². The van der Waals surface area contributed by atoms with Crippen molar-refractivity contribution in [3.63, 3.8) is 0 Å². The second-order valence-corrected chi connectivity index (χ2v) is 4.93. The third kappa shape index (κ3) is 2.47. The highest BCUT2D eigenvalue weighted by molar-refractivity contribution is 6.02. The lowest BCUT2D eigenvalue weighted by Crippen LogP contribution is -2.40. The van der Waals surface area contributed by atoms with E-state index in [1.807, 2.05) is 24.3 Å². The summed E-state index contributed by atoms with van der Waals surface area (Å²) in [4.78, 5) is 27.4. The Balaban J connectivity index is 1.79. The van der Waals surface area contributed by atoms with Gasteiger partial charge in [0, 0.05) is 30.7 Å². The zero-order chi connectivity index (χ0) is 13.9. The molecule has 2 aromatic rings. The molecule has 0 spiro atoms. The smallest absolute Gasteiger partial charge is 0.229 e. The molecule has 5 nitrogen and oxygen atoms in total. The van der Waals surface area contributed by atoms with Crippen LogP contribution in [0.1, 0.15) is 12.8 Å². The Morgan fingerprint density at radius 1 is 1.35 bits per heavy atom. The predicted octanol–water partition coefficient (Wildman–Crippen LogP) is 1.70. The van der Waals surface area contributed by atoms with Crippen molar-refractivity contribution in [1.82, 2.24) is 10.3 Å². The molecule has 0 bridgehead atoms. The van der Waals surface area contributed by atoms with Crippen molar-refractivity contribution >= 4 is 28.3 Å². The monoisotopic (exact) mass is 269 g/mol. The molecule has 3 rings (SSSR count). The molecule has 20 heavy (non-hydrogen) atoms. The number of rotatable bonds is 2. The van der Waals surface area contributed by atoms with Crippen LogP contribution in [-0.4, -0.2) is 23.3 Å². The number of pyridine rings is 1. The second-order valence-electron chi connectivity index (χ2n) is 4.93. The molecule has 0 radical (unpaired) electrons. The van der Waals surface area contributed by atoms with Gasteiger partial charge in [-0.15, -0.1) is 0 Å². The van der Waals surface area contributed by atoms with Gasteiger partial charge in [0.15, 0.2) is 0 Å². The van der Waals surface area contributed by atoms with Crippen LogP contribution in [0, 0.1) is 5.92 Å². The number of anilines is 1. The van der Waals surface area contributed by atoms with Crippen LogP contribution in [-0.2, 0) is 9.59 Å². The highest BCUT2D eigenvalue weighted by atomic mass is 16.2. The van der Waals surface area contributed by atoms with E-state index in [-0.39, 0.29) is 17.7 Å². The number of hydrogen-bond acceptors (Lipinski definition) is 3. The third-order valence-electron chi connectivity index (χ3n) is 3.58.